The third-order valence-electron chi connectivity index (χ3n) is 4.15. The molecule has 21 heavy (non-hydrogen) atoms. The first kappa shape index (κ1) is 12.1. The Bertz CT molecular complexity index is 1040. The van der Waals surface area contributed by atoms with Crippen molar-refractivity contribution in [1.82, 2.24) is 4.57 Å². The van der Waals surface area contributed by atoms with E-state index in [2.05, 4.69) is 0 Å². The molecule has 0 saturated carbocycles. The van der Waals surface area contributed by atoms with Crippen LogP contribution in [0.3, 0.4) is 0 Å². The highest BCUT2D eigenvalue weighted by Crippen LogP contribution is 2.38. The lowest BCUT2D eigenvalue weighted by Gasteiger charge is -2.05. The van der Waals surface area contributed by atoms with Gasteiger partial charge in [0.05, 0.1) is 11.0 Å². The Balaban J connectivity index is 2.39. The van der Waals surface area contributed by atoms with Crippen molar-refractivity contribution in [2.75, 3.05) is 0 Å². The first-order valence-electron chi connectivity index (χ1n) is 6.89. The number of hydrogen-bond acceptors (Lipinski definition) is 2. The van der Waals surface area contributed by atoms with Crippen LogP contribution in [-0.4, -0.2) is 16.3 Å². The van der Waals surface area contributed by atoms with Gasteiger partial charge in [0.25, 0.3) is 0 Å². The fourth-order valence-electron chi connectivity index (χ4n) is 3.33. The maximum atomic E-state index is 12.1. The average molecular weight is 275 g/mol. The largest absolute Gasteiger partial charge is 0.294 e. The normalized spacial score (nSPS) is 11.7. The van der Waals surface area contributed by atoms with Crippen LogP contribution in [0.1, 0.15) is 29.0 Å². The van der Waals surface area contributed by atoms with Crippen LogP contribution in [0.4, 0.5) is 0 Å². The van der Waals surface area contributed by atoms with E-state index in [4.69, 9.17) is 0 Å². The number of ketones is 1. The summed E-state index contributed by atoms with van der Waals surface area (Å²) in [5.41, 5.74) is 2.48. The molecule has 0 aliphatic carbocycles. The summed E-state index contributed by atoms with van der Waals surface area (Å²) in [6.45, 7) is 3.14. The molecule has 3 aromatic carbocycles. The van der Waals surface area contributed by atoms with Gasteiger partial charge in [-0.3, -0.25) is 14.2 Å². The average Bonchev–Trinajstić information content (AvgIpc) is 2.80. The number of carbonyl (C=O) groups excluding carboxylic acids is 2. The van der Waals surface area contributed by atoms with Gasteiger partial charge in [0.2, 0.25) is 5.91 Å². The van der Waals surface area contributed by atoms with Crippen molar-refractivity contribution in [3.05, 3.63) is 48.0 Å². The molecule has 3 nitrogen and oxygen atoms in total. The van der Waals surface area contributed by atoms with Gasteiger partial charge in [-0.1, -0.05) is 24.3 Å². The molecule has 0 amide bonds. The number of rotatable bonds is 1. The molecule has 0 N–H and O–H groups in total. The summed E-state index contributed by atoms with van der Waals surface area (Å²) in [7, 11) is 0. The Morgan fingerprint density at radius 2 is 1.62 bits per heavy atom. The standard InChI is InChI=1S/C18H13NO2/c1-10(20)13-8-9-16-18-14(13)7-6-12-4-3-5-15(17(12)18)19(16)11(2)21/h3-9H,1-2H3. The number of hydrogen-bond donors (Lipinski definition) is 0. The minimum Gasteiger partial charge on any atom is -0.294 e. The summed E-state index contributed by atoms with van der Waals surface area (Å²) in [4.78, 5) is 23.9. The molecule has 0 spiro atoms. The molecule has 1 aromatic heterocycles. The van der Waals surface area contributed by atoms with Crippen LogP contribution in [0, 0.1) is 0 Å². The van der Waals surface area contributed by atoms with E-state index in [0.717, 1.165) is 32.6 Å². The zero-order chi connectivity index (χ0) is 14.7. The Morgan fingerprint density at radius 3 is 2.33 bits per heavy atom. The van der Waals surface area contributed by atoms with E-state index in [0.29, 0.717) is 5.56 Å². The van der Waals surface area contributed by atoms with Crippen LogP contribution in [0.25, 0.3) is 32.6 Å². The molecule has 0 bridgehead atoms. The highest BCUT2D eigenvalue weighted by Gasteiger charge is 2.19. The molecule has 1 heterocycles. The van der Waals surface area contributed by atoms with Crippen molar-refractivity contribution < 1.29 is 9.59 Å². The smallest absolute Gasteiger partial charge is 0.228 e. The van der Waals surface area contributed by atoms with Crippen LogP contribution in [0.2, 0.25) is 0 Å². The minimum absolute atomic E-state index is 0.0180. The molecule has 4 aromatic rings. The molecule has 3 heteroatoms. The molecule has 0 aliphatic heterocycles. The summed E-state index contributed by atoms with van der Waals surface area (Å²) in [5, 5.41) is 4.07. The third-order valence-corrected chi connectivity index (χ3v) is 4.15. The van der Waals surface area contributed by atoms with E-state index in [-0.39, 0.29) is 11.7 Å². The van der Waals surface area contributed by atoms with E-state index >= 15 is 0 Å². The second-order valence-electron chi connectivity index (χ2n) is 5.41. The molecule has 0 saturated heterocycles. The van der Waals surface area contributed by atoms with E-state index in [9.17, 15) is 9.59 Å². The van der Waals surface area contributed by atoms with Crippen molar-refractivity contribution in [3.63, 3.8) is 0 Å². The first-order valence-corrected chi connectivity index (χ1v) is 6.89. The number of Topliss-reactive ketones (excluding diaryl/α,β-unsaturated/α-hetero) is 1. The van der Waals surface area contributed by atoms with Gasteiger partial charge in [-0.2, -0.15) is 0 Å². The van der Waals surface area contributed by atoms with Crippen molar-refractivity contribution in [3.8, 4) is 0 Å². The lowest BCUT2D eigenvalue weighted by Crippen LogP contribution is -2.04. The summed E-state index contributed by atoms with van der Waals surface area (Å²) < 4.78 is 1.73. The zero-order valence-electron chi connectivity index (χ0n) is 11.8. The summed E-state index contributed by atoms with van der Waals surface area (Å²) in [6.07, 6.45) is 0. The van der Waals surface area contributed by atoms with Gasteiger partial charge in [0.1, 0.15) is 0 Å². The molecule has 0 radical (unpaired) electrons. The van der Waals surface area contributed by atoms with Gasteiger partial charge in [-0.25, -0.2) is 0 Å². The van der Waals surface area contributed by atoms with Gasteiger partial charge in [0, 0.05) is 23.3 Å². The van der Waals surface area contributed by atoms with Gasteiger partial charge in [-0.05, 0) is 35.9 Å². The van der Waals surface area contributed by atoms with Crippen LogP contribution < -0.4 is 0 Å². The Morgan fingerprint density at radius 1 is 0.857 bits per heavy atom. The van der Waals surface area contributed by atoms with Gasteiger partial charge in [0.15, 0.2) is 5.78 Å². The number of carbonyl (C=O) groups is 2. The van der Waals surface area contributed by atoms with Gasteiger partial charge < -0.3 is 0 Å². The Hall–Kier alpha value is -2.68. The fourth-order valence-corrected chi connectivity index (χ4v) is 3.33. The predicted octanol–water partition coefficient (Wildman–Crippen LogP) is 4.25. The molecule has 0 atom stereocenters. The van der Waals surface area contributed by atoms with Crippen LogP contribution in [-0.2, 0) is 0 Å². The van der Waals surface area contributed by atoms with E-state index in [1.165, 1.54) is 0 Å². The molecular formula is C18H13NO2. The molecular weight excluding hydrogens is 262 g/mol. The van der Waals surface area contributed by atoms with E-state index < -0.39 is 0 Å². The predicted molar refractivity (Wildman–Crippen MR) is 84.4 cm³/mol. The number of benzene rings is 3. The summed E-state index contributed by atoms with van der Waals surface area (Å²) in [5.74, 6) is 0.0234. The summed E-state index contributed by atoms with van der Waals surface area (Å²) in [6, 6.07) is 13.6. The van der Waals surface area contributed by atoms with Crippen molar-refractivity contribution in [1.29, 1.82) is 0 Å². The van der Waals surface area contributed by atoms with Gasteiger partial charge in [-0.15, -0.1) is 0 Å². The maximum Gasteiger partial charge on any atom is 0.228 e. The molecule has 0 unspecified atom stereocenters. The third kappa shape index (κ3) is 1.43. The second-order valence-corrected chi connectivity index (χ2v) is 5.41. The zero-order valence-corrected chi connectivity index (χ0v) is 11.8. The topological polar surface area (TPSA) is 39.1 Å². The monoisotopic (exact) mass is 275 g/mol. The number of aromatic nitrogens is 1. The highest BCUT2D eigenvalue weighted by atomic mass is 16.1. The highest BCUT2D eigenvalue weighted by molar-refractivity contribution is 6.28. The molecule has 0 fully saturated rings. The number of nitrogens with zero attached hydrogens (tertiary/aromatic N) is 1. The van der Waals surface area contributed by atoms with Gasteiger partial charge >= 0.3 is 0 Å². The van der Waals surface area contributed by atoms with Crippen LogP contribution in [0.15, 0.2) is 42.5 Å². The molecule has 102 valence electrons. The lowest BCUT2D eigenvalue weighted by molar-refractivity contribution is 0.0945. The first-order chi connectivity index (χ1) is 10.1. The van der Waals surface area contributed by atoms with Crippen LogP contribution >= 0.6 is 0 Å². The van der Waals surface area contributed by atoms with Crippen molar-refractivity contribution in [2.24, 2.45) is 0 Å². The fraction of sp³-hybridized carbons (Fsp3) is 0.111. The minimum atomic E-state index is -0.0180. The molecule has 4 rings (SSSR count). The van der Waals surface area contributed by atoms with Crippen molar-refractivity contribution >= 4 is 44.3 Å². The van der Waals surface area contributed by atoms with Crippen LogP contribution in [0.5, 0.6) is 0 Å². The summed E-state index contributed by atoms with van der Waals surface area (Å²) >= 11 is 0. The van der Waals surface area contributed by atoms with E-state index in [1.807, 2.05) is 42.5 Å². The molecule has 0 aliphatic rings. The lowest BCUT2D eigenvalue weighted by atomic mass is 9.97. The maximum absolute atomic E-state index is 12.1. The van der Waals surface area contributed by atoms with E-state index in [1.54, 1.807) is 18.4 Å². The quantitative estimate of drug-likeness (QED) is 0.385. The second kappa shape index (κ2) is 3.92. The Labute approximate surface area is 121 Å². The SMILES string of the molecule is CC(=O)c1ccc2c3c1ccc1cccc(c13)n2C(C)=O. The van der Waals surface area contributed by atoms with Crippen molar-refractivity contribution in [2.45, 2.75) is 13.8 Å². The Kier molecular flexibility index (Phi) is 2.25.